The summed E-state index contributed by atoms with van der Waals surface area (Å²) in [5, 5.41) is 3.26. The molecule has 3 saturated carbocycles. The van der Waals surface area contributed by atoms with E-state index >= 15 is 0 Å². The highest BCUT2D eigenvalue weighted by atomic mass is 16.5. The van der Waals surface area contributed by atoms with Gasteiger partial charge in [-0.1, -0.05) is 25.5 Å². The largest absolute Gasteiger partial charge is 0.462 e. The van der Waals surface area contributed by atoms with Crippen LogP contribution < -0.4 is 5.32 Å². The summed E-state index contributed by atoms with van der Waals surface area (Å²) in [4.78, 5) is 23.1. The molecule has 4 heteroatoms. The van der Waals surface area contributed by atoms with Gasteiger partial charge < -0.3 is 10.1 Å². The Hall–Kier alpha value is -1.32. The van der Waals surface area contributed by atoms with E-state index in [2.05, 4.69) is 25.2 Å². The Morgan fingerprint density at radius 2 is 1.85 bits per heavy atom. The molecule has 4 rings (SSSR count). The molecule has 3 fully saturated rings. The lowest BCUT2D eigenvalue weighted by molar-refractivity contribution is -0.148. The summed E-state index contributed by atoms with van der Waals surface area (Å²) >= 11 is 0. The lowest BCUT2D eigenvalue weighted by Crippen LogP contribution is -2.53. The molecule has 27 heavy (non-hydrogen) atoms. The van der Waals surface area contributed by atoms with Gasteiger partial charge in [-0.3, -0.25) is 9.59 Å². The smallest absolute Gasteiger partial charge is 0.302 e. The summed E-state index contributed by atoms with van der Waals surface area (Å²) in [6.45, 7) is 8.08. The summed E-state index contributed by atoms with van der Waals surface area (Å²) in [5.41, 5.74) is 2.07. The second-order valence-electron chi connectivity index (χ2n) is 10.1. The second kappa shape index (κ2) is 6.63. The zero-order valence-corrected chi connectivity index (χ0v) is 17.3. The maximum Gasteiger partial charge on any atom is 0.302 e. The molecule has 1 amide bonds. The SMILES string of the molecule is CC(=O)NC1CCC2C3CC=C4CC(OC(C)=O)CC[C@@]4(C)C3CC[C@@]12C. The van der Waals surface area contributed by atoms with Crippen molar-refractivity contribution in [3.63, 3.8) is 0 Å². The minimum absolute atomic E-state index is 0.0721. The number of rotatable bonds is 2. The average Bonchev–Trinajstić information content (AvgIpc) is 2.91. The monoisotopic (exact) mass is 373 g/mol. The molecule has 0 saturated heterocycles. The van der Waals surface area contributed by atoms with Crippen molar-refractivity contribution < 1.29 is 14.3 Å². The highest BCUT2D eigenvalue weighted by Crippen LogP contribution is 2.64. The molecule has 4 aliphatic carbocycles. The number of esters is 1. The molecular formula is C23H35NO3. The number of nitrogens with one attached hydrogen (secondary N) is 1. The standard InChI is InChI=1S/C23H35NO3/c1-14(25)24-21-8-7-19-18-6-5-16-13-17(27-15(2)26)9-11-22(16,3)20(18)10-12-23(19,21)4/h5,17-21H,6-13H2,1-4H3,(H,24,25)/t17?,18?,19?,20?,21?,22-,23-/m1/s1. The number of ether oxygens (including phenoxy) is 1. The van der Waals surface area contributed by atoms with Crippen LogP contribution in [0.4, 0.5) is 0 Å². The van der Waals surface area contributed by atoms with Crippen LogP contribution in [0.15, 0.2) is 11.6 Å². The number of carbonyl (C=O) groups excluding carboxylic acids is 2. The average molecular weight is 374 g/mol. The van der Waals surface area contributed by atoms with Crippen molar-refractivity contribution in [2.75, 3.05) is 0 Å². The highest BCUT2D eigenvalue weighted by molar-refractivity contribution is 5.73. The van der Waals surface area contributed by atoms with E-state index in [1.165, 1.54) is 26.2 Å². The molecule has 0 spiro atoms. The van der Waals surface area contributed by atoms with Crippen LogP contribution in [-0.4, -0.2) is 24.0 Å². The van der Waals surface area contributed by atoms with Gasteiger partial charge >= 0.3 is 5.97 Å². The van der Waals surface area contributed by atoms with Gasteiger partial charge in [0, 0.05) is 26.3 Å². The van der Waals surface area contributed by atoms with E-state index in [0.29, 0.717) is 12.0 Å². The Morgan fingerprint density at radius 3 is 2.56 bits per heavy atom. The van der Waals surface area contributed by atoms with Gasteiger partial charge in [0.25, 0.3) is 0 Å². The van der Waals surface area contributed by atoms with E-state index < -0.39 is 0 Å². The third-order valence-electron chi connectivity index (χ3n) is 8.77. The van der Waals surface area contributed by atoms with Crippen LogP contribution in [0.1, 0.15) is 79.1 Å². The van der Waals surface area contributed by atoms with Gasteiger partial charge in [0.15, 0.2) is 0 Å². The molecule has 4 nitrogen and oxygen atoms in total. The molecule has 0 aliphatic heterocycles. The number of carbonyl (C=O) groups is 2. The lowest BCUT2D eigenvalue weighted by atomic mass is 9.48. The minimum Gasteiger partial charge on any atom is -0.462 e. The predicted molar refractivity (Wildman–Crippen MR) is 105 cm³/mol. The lowest BCUT2D eigenvalue weighted by Gasteiger charge is -2.58. The summed E-state index contributed by atoms with van der Waals surface area (Å²) in [7, 11) is 0. The van der Waals surface area contributed by atoms with Crippen LogP contribution in [0.25, 0.3) is 0 Å². The van der Waals surface area contributed by atoms with Gasteiger partial charge in [0.1, 0.15) is 6.10 Å². The van der Waals surface area contributed by atoms with Crippen LogP contribution in [0.5, 0.6) is 0 Å². The van der Waals surface area contributed by atoms with E-state index in [1.807, 2.05) is 0 Å². The van der Waals surface area contributed by atoms with Crippen LogP contribution >= 0.6 is 0 Å². The summed E-state index contributed by atoms with van der Waals surface area (Å²) < 4.78 is 5.54. The zero-order valence-electron chi connectivity index (χ0n) is 17.3. The molecule has 7 atom stereocenters. The fraction of sp³-hybridized carbons (Fsp3) is 0.826. The highest BCUT2D eigenvalue weighted by Gasteiger charge is 2.58. The van der Waals surface area contributed by atoms with Crippen LogP contribution in [0.2, 0.25) is 0 Å². The van der Waals surface area contributed by atoms with E-state index in [-0.39, 0.29) is 28.8 Å². The Kier molecular flexibility index (Phi) is 4.67. The van der Waals surface area contributed by atoms with Crippen LogP contribution in [0.3, 0.4) is 0 Å². The molecular weight excluding hydrogens is 338 g/mol. The maximum atomic E-state index is 11.7. The number of fused-ring (bicyclic) bond motifs is 5. The molecule has 150 valence electrons. The topological polar surface area (TPSA) is 55.4 Å². The first-order valence-corrected chi connectivity index (χ1v) is 10.9. The molecule has 0 heterocycles. The molecule has 0 aromatic carbocycles. The van der Waals surface area contributed by atoms with Gasteiger partial charge in [-0.25, -0.2) is 0 Å². The minimum atomic E-state index is -0.152. The normalized spacial score (nSPS) is 45.8. The summed E-state index contributed by atoms with van der Waals surface area (Å²) in [5.74, 6) is 2.16. The van der Waals surface area contributed by atoms with Crippen molar-refractivity contribution in [3.05, 3.63) is 11.6 Å². The van der Waals surface area contributed by atoms with E-state index in [9.17, 15) is 9.59 Å². The first kappa shape index (κ1) is 19.0. The van der Waals surface area contributed by atoms with E-state index in [1.54, 1.807) is 12.5 Å². The van der Waals surface area contributed by atoms with Crippen molar-refractivity contribution in [3.8, 4) is 0 Å². The van der Waals surface area contributed by atoms with Crippen LogP contribution in [0, 0.1) is 28.6 Å². The van der Waals surface area contributed by atoms with Gasteiger partial charge in [-0.05, 0) is 73.5 Å². The van der Waals surface area contributed by atoms with Crippen LogP contribution in [-0.2, 0) is 14.3 Å². The maximum absolute atomic E-state index is 11.7. The number of hydrogen-bond acceptors (Lipinski definition) is 3. The second-order valence-corrected chi connectivity index (χ2v) is 10.1. The summed E-state index contributed by atoms with van der Waals surface area (Å²) in [6.07, 6.45) is 11.6. The Labute approximate surface area is 163 Å². The van der Waals surface area contributed by atoms with Crippen molar-refractivity contribution in [1.82, 2.24) is 5.32 Å². The fourth-order valence-electron chi connectivity index (χ4n) is 7.45. The molecule has 0 aromatic heterocycles. The number of hydrogen-bond donors (Lipinski definition) is 1. The molecule has 5 unspecified atom stereocenters. The predicted octanol–water partition coefficient (Wildman–Crippen LogP) is 4.39. The first-order valence-electron chi connectivity index (χ1n) is 10.9. The quantitative estimate of drug-likeness (QED) is 0.577. The number of allylic oxidation sites excluding steroid dienone is 1. The fourth-order valence-corrected chi connectivity index (χ4v) is 7.45. The van der Waals surface area contributed by atoms with Crippen molar-refractivity contribution in [2.45, 2.75) is 91.2 Å². The van der Waals surface area contributed by atoms with E-state index in [4.69, 9.17) is 4.74 Å². The number of amides is 1. The van der Waals surface area contributed by atoms with Gasteiger partial charge in [-0.15, -0.1) is 0 Å². The van der Waals surface area contributed by atoms with Gasteiger partial charge in [0.2, 0.25) is 5.91 Å². The molecule has 1 N–H and O–H groups in total. The van der Waals surface area contributed by atoms with Crippen molar-refractivity contribution in [1.29, 1.82) is 0 Å². The van der Waals surface area contributed by atoms with Gasteiger partial charge in [-0.2, -0.15) is 0 Å². The molecule has 0 aromatic rings. The Bertz CT molecular complexity index is 671. The molecule has 4 aliphatic rings. The summed E-state index contributed by atoms with van der Waals surface area (Å²) in [6, 6.07) is 0.346. The van der Waals surface area contributed by atoms with Gasteiger partial charge in [0.05, 0.1) is 0 Å². The Balaban J connectivity index is 1.55. The Morgan fingerprint density at radius 1 is 1.07 bits per heavy atom. The molecule has 0 radical (unpaired) electrons. The third-order valence-corrected chi connectivity index (χ3v) is 8.77. The third kappa shape index (κ3) is 3.03. The van der Waals surface area contributed by atoms with Crippen molar-refractivity contribution in [2.24, 2.45) is 28.6 Å². The molecule has 0 bridgehead atoms. The zero-order chi connectivity index (χ0) is 19.4. The van der Waals surface area contributed by atoms with Crippen molar-refractivity contribution >= 4 is 11.9 Å². The van der Waals surface area contributed by atoms with E-state index in [0.717, 1.165) is 43.9 Å². The first-order chi connectivity index (χ1) is 12.7.